The fourth-order valence-electron chi connectivity index (χ4n) is 3.11. The number of aromatic amines is 1. The zero-order chi connectivity index (χ0) is 23.6. The zero-order valence-corrected chi connectivity index (χ0v) is 18.3. The molecule has 0 bridgehead atoms. The van der Waals surface area contributed by atoms with E-state index in [0.29, 0.717) is 11.0 Å². The Morgan fingerprint density at radius 3 is 2.73 bits per heavy atom. The number of nitrogens with one attached hydrogen (secondary N) is 2. The Morgan fingerprint density at radius 1 is 1.30 bits per heavy atom. The molecule has 1 aliphatic carbocycles. The van der Waals surface area contributed by atoms with Crippen LogP contribution in [0, 0.1) is 11.3 Å². The third-order valence-corrected chi connectivity index (χ3v) is 6.50. The fourth-order valence-corrected chi connectivity index (χ4v) is 4.61. The van der Waals surface area contributed by atoms with Crippen molar-refractivity contribution in [2.75, 3.05) is 13.7 Å². The molecule has 3 aromatic rings. The first-order valence-electron chi connectivity index (χ1n) is 9.97. The smallest absolute Gasteiger partial charge is 0.338 e. The van der Waals surface area contributed by atoms with Crippen LogP contribution in [0.1, 0.15) is 29.0 Å². The van der Waals surface area contributed by atoms with Gasteiger partial charge in [0.05, 0.1) is 23.7 Å². The normalized spacial score (nSPS) is 14.4. The number of nitriles is 1. The summed E-state index contributed by atoms with van der Waals surface area (Å²) in [4.78, 5) is 19.5. The largest absolute Gasteiger partial charge is 0.507 e. The van der Waals surface area contributed by atoms with Crippen LogP contribution in [0.3, 0.4) is 0 Å². The standard InChI is InChI=1S/C22H20N4O6S/c1-31-19-9-6-13(10-20(19)33(29,30)26-14-7-8-14)22(28)32-12-18(27)15(11-23)21-24-16-4-2-3-5-17(16)25-21/h2-6,9-10,14,26-27H,7-8,12H2,1H3,(H,24,25). The highest BCUT2D eigenvalue weighted by Crippen LogP contribution is 2.28. The summed E-state index contributed by atoms with van der Waals surface area (Å²) in [6, 6.07) is 12.7. The lowest BCUT2D eigenvalue weighted by Crippen LogP contribution is -2.26. The lowest BCUT2D eigenvalue weighted by molar-refractivity contribution is 0.0502. The van der Waals surface area contributed by atoms with Gasteiger partial charge in [0.15, 0.2) is 11.6 Å². The molecule has 3 N–H and O–H groups in total. The third-order valence-electron chi connectivity index (χ3n) is 4.95. The second kappa shape index (κ2) is 8.93. The Balaban J connectivity index is 1.54. The number of hydrogen-bond donors (Lipinski definition) is 3. The molecule has 1 saturated carbocycles. The Labute approximate surface area is 189 Å². The Morgan fingerprint density at radius 2 is 2.06 bits per heavy atom. The number of allylic oxidation sites excluding steroid dienone is 1. The molecule has 2 aromatic carbocycles. The van der Waals surface area contributed by atoms with E-state index in [4.69, 9.17) is 9.47 Å². The number of H-pyrrole nitrogens is 1. The maximum Gasteiger partial charge on any atom is 0.338 e. The number of aromatic nitrogens is 2. The van der Waals surface area contributed by atoms with Crippen LogP contribution in [0.15, 0.2) is 53.1 Å². The molecule has 1 aliphatic rings. The number of ether oxygens (including phenoxy) is 2. The highest BCUT2D eigenvalue weighted by molar-refractivity contribution is 7.89. The Bertz CT molecular complexity index is 1370. The van der Waals surface area contributed by atoms with Crippen LogP contribution in [0.25, 0.3) is 16.6 Å². The molecule has 10 nitrogen and oxygen atoms in total. The molecule has 0 radical (unpaired) electrons. The molecule has 11 heteroatoms. The number of fused-ring (bicyclic) bond motifs is 1. The first-order valence-corrected chi connectivity index (χ1v) is 11.5. The predicted molar refractivity (Wildman–Crippen MR) is 118 cm³/mol. The quantitative estimate of drug-likeness (QED) is 0.259. The molecule has 0 saturated heterocycles. The maximum absolute atomic E-state index is 12.6. The summed E-state index contributed by atoms with van der Waals surface area (Å²) in [5, 5.41) is 19.8. The number of carbonyl (C=O) groups is 1. The van der Waals surface area contributed by atoms with Gasteiger partial charge >= 0.3 is 5.97 Å². The van der Waals surface area contributed by atoms with Gasteiger partial charge in [-0.05, 0) is 43.2 Å². The van der Waals surface area contributed by atoms with E-state index in [-0.39, 0.29) is 33.6 Å². The van der Waals surface area contributed by atoms with Crippen LogP contribution in [0.5, 0.6) is 5.75 Å². The molecule has 4 rings (SSSR count). The van der Waals surface area contributed by atoms with Crippen LogP contribution in [0.4, 0.5) is 0 Å². The van der Waals surface area contributed by atoms with E-state index < -0.39 is 28.4 Å². The van der Waals surface area contributed by atoms with Crippen molar-refractivity contribution >= 4 is 32.6 Å². The summed E-state index contributed by atoms with van der Waals surface area (Å²) < 4.78 is 38.0. The fraction of sp³-hybridized carbons (Fsp3) is 0.227. The van der Waals surface area contributed by atoms with Gasteiger partial charge in [0.25, 0.3) is 0 Å². The number of aliphatic hydroxyl groups excluding tert-OH is 1. The lowest BCUT2D eigenvalue weighted by Gasteiger charge is -2.12. The molecular formula is C22H20N4O6S. The first-order chi connectivity index (χ1) is 15.8. The monoisotopic (exact) mass is 468 g/mol. The van der Waals surface area contributed by atoms with E-state index in [1.807, 2.05) is 6.07 Å². The number of rotatable bonds is 8. The van der Waals surface area contributed by atoms with Gasteiger partial charge in [-0.3, -0.25) is 0 Å². The Kier molecular flexibility index (Phi) is 6.04. The number of sulfonamides is 1. The maximum atomic E-state index is 12.6. The van der Waals surface area contributed by atoms with Crippen LogP contribution < -0.4 is 9.46 Å². The lowest BCUT2D eigenvalue weighted by atomic mass is 10.2. The second-order valence-electron chi connectivity index (χ2n) is 7.37. The van der Waals surface area contributed by atoms with E-state index in [1.54, 1.807) is 24.3 Å². The van der Waals surface area contributed by atoms with Gasteiger partial charge in [-0.25, -0.2) is 22.9 Å². The van der Waals surface area contributed by atoms with Gasteiger partial charge in [0, 0.05) is 6.04 Å². The number of benzene rings is 2. The molecule has 0 atom stereocenters. The van der Waals surface area contributed by atoms with Crippen LogP contribution >= 0.6 is 0 Å². The summed E-state index contributed by atoms with van der Waals surface area (Å²) in [6.45, 7) is -0.604. The van der Waals surface area contributed by atoms with Crippen molar-refractivity contribution in [2.45, 2.75) is 23.8 Å². The van der Waals surface area contributed by atoms with Gasteiger partial charge in [-0.2, -0.15) is 5.26 Å². The van der Waals surface area contributed by atoms with E-state index in [9.17, 15) is 23.6 Å². The van der Waals surface area contributed by atoms with E-state index in [2.05, 4.69) is 14.7 Å². The molecule has 170 valence electrons. The molecule has 0 amide bonds. The number of aliphatic hydroxyl groups is 1. The van der Waals surface area contributed by atoms with Crippen LogP contribution in [-0.4, -0.2) is 49.2 Å². The van der Waals surface area contributed by atoms with Gasteiger partial charge in [0.2, 0.25) is 10.0 Å². The van der Waals surface area contributed by atoms with Crippen molar-refractivity contribution in [1.82, 2.24) is 14.7 Å². The number of imidazole rings is 1. The number of hydrogen-bond acceptors (Lipinski definition) is 8. The van der Waals surface area contributed by atoms with Gasteiger partial charge in [-0.15, -0.1) is 0 Å². The SMILES string of the molecule is COc1ccc(C(=O)OCC(O)=C(C#N)c2nc3ccccc3[nH]2)cc1S(=O)(=O)NC1CC1. The molecule has 0 aliphatic heterocycles. The molecule has 33 heavy (non-hydrogen) atoms. The van der Waals surface area contributed by atoms with Crippen molar-refractivity contribution in [1.29, 1.82) is 5.26 Å². The molecular weight excluding hydrogens is 448 g/mol. The first kappa shape index (κ1) is 22.3. The number of esters is 1. The summed E-state index contributed by atoms with van der Waals surface area (Å²) >= 11 is 0. The third kappa shape index (κ3) is 4.82. The average Bonchev–Trinajstić information content (AvgIpc) is 3.51. The number of para-hydroxylation sites is 2. The molecule has 1 fully saturated rings. The average molecular weight is 468 g/mol. The topological polar surface area (TPSA) is 154 Å². The van der Waals surface area contributed by atoms with Gasteiger partial charge in [0.1, 0.15) is 28.9 Å². The van der Waals surface area contributed by atoms with Crippen LogP contribution in [-0.2, 0) is 14.8 Å². The van der Waals surface area contributed by atoms with Crippen LogP contribution in [0.2, 0.25) is 0 Å². The van der Waals surface area contributed by atoms with Gasteiger partial charge in [-0.1, -0.05) is 12.1 Å². The van der Waals surface area contributed by atoms with Gasteiger partial charge < -0.3 is 19.6 Å². The van der Waals surface area contributed by atoms with Crippen molar-refractivity contribution in [2.24, 2.45) is 0 Å². The summed E-state index contributed by atoms with van der Waals surface area (Å²) in [5.41, 5.74) is 1.06. The summed E-state index contributed by atoms with van der Waals surface area (Å²) in [7, 11) is -2.56. The second-order valence-corrected chi connectivity index (χ2v) is 9.06. The Hall–Kier alpha value is -3.88. The number of methoxy groups -OCH3 is 1. The predicted octanol–water partition coefficient (Wildman–Crippen LogP) is 2.66. The van der Waals surface area contributed by atoms with E-state index in [1.165, 1.54) is 19.2 Å². The highest BCUT2D eigenvalue weighted by Gasteiger charge is 2.30. The summed E-state index contributed by atoms with van der Waals surface area (Å²) in [5.74, 6) is -1.16. The minimum absolute atomic E-state index is 0.0537. The van der Waals surface area contributed by atoms with Crippen molar-refractivity contribution in [3.63, 3.8) is 0 Å². The van der Waals surface area contributed by atoms with Crippen molar-refractivity contribution in [3.05, 3.63) is 59.6 Å². The molecule has 1 aromatic heterocycles. The molecule has 0 unspecified atom stereocenters. The highest BCUT2D eigenvalue weighted by atomic mass is 32.2. The molecule has 0 spiro atoms. The van der Waals surface area contributed by atoms with E-state index in [0.717, 1.165) is 18.9 Å². The van der Waals surface area contributed by atoms with Crippen molar-refractivity contribution < 1.29 is 27.8 Å². The van der Waals surface area contributed by atoms with Crippen molar-refractivity contribution in [3.8, 4) is 11.8 Å². The van der Waals surface area contributed by atoms with E-state index >= 15 is 0 Å². The molecule has 1 heterocycles. The summed E-state index contributed by atoms with van der Waals surface area (Å²) in [6.07, 6.45) is 1.50. The zero-order valence-electron chi connectivity index (χ0n) is 17.5. The minimum atomic E-state index is -3.89. The number of carbonyl (C=O) groups excluding carboxylic acids is 1. The minimum Gasteiger partial charge on any atom is -0.507 e. The number of nitrogens with zero attached hydrogens (tertiary/aromatic N) is 2.